The van der Waals surface area contributed by atoms with Gasteiger partial charge in [0.05, 0.1) is 11.7 Å². The number of nitrogens with one attached hydrogen (secondary N) is 1. The topological polar surface area (TPSA) is 37.8 Å². The highest BCUT2D eigenvalue weighted by atomic mass is 19.1. The minimum absolute atomic E-state index is 0.188. The summed E-state index contributed by atoms with van der Waals surface area (Å²) in [5, 5.41) is 13.7. The summed E-state index contributed by atoms with van der Waals surface area (Å²) in [4.78, 5) is 0. The molecule has 106 valence electrons. The van der Waals surface area contributed by atoms with Crippen LogP contribution in [0.2, 0.25) is 0 Å². The normalized spacial score (nSPS) is 12.3. The van der Waals surface area contributed by atoms with Crippen LogP contribution in [0.25, 0.3) is 10.8 Å². The minimum atomic E-state index is -0.220. The van der Waals surface area contributed by atoms with Gasteiger partial charge in [0.25, 0.3) is 0 Å². The van der Waals surface area contributed by atoms with Gasteiger partial charge in [0, 0.05) is 16.3 Å². The van der Waals surface area contributed by atoms with Crippen molar-refractivity contribution in [3.8, 4) is 0 Å². The summed E-state index contributed by atoms with van der Waals surface area (Å²) in [5.41, 5.74) is 1.50. The third-order valence-electron chi connectivity index (χ3n) is 3.60. The molecule has 0 saturated heterocycles. The van der Waals surface area contributed by atoms with E-state index in [9.17, 15) is 4.39 Å². The summed E-state index contributed by atoms with van der Waals surface area (Å²) in [6.07, 6.45) is 0. The molecule has 1 unspecified atom stereocenters. The largest absolute Gasteiger partial charge is 0.361 e. The molecule has 3 aromatic rings. The maximum Gasteiger partial charge on any atom is 0.157 e. The Balaban J connectivity index is 1.99. The zero-order valence-electron chi connectivity index (χ0n) is 12.0. The fraction of sp³-hybridized carbons (Fsp3) is 0.176. The summed E-state index contributed by atoms with van der Waals surface area (Å²) >= 11 is 0. The van der Waals surface area contributed by atoms with Crippen LogP contribution in [0.1, 0.15) is 24.2 Å². The molecule has 0 saturated carbocycles. The van der Waals surface area contributed by atoms with Gasteiger partial charge in [-0.1, -0.05) is 42.5 Å². The summed E-state index contributed by atoms with van der Waals surface area (Å²) in [5.74, 6) is 0.453. The Morgan fingerprint density at radius 2 is 1.62 bits per heavy atom. The zero-order chi connectivity index (χ0) is 14.8. The maximum atomic E-state index is 13.8. The first-order valence-corrected chi connectivity index (χ1v) is 6.90. The van der Waals surface area contributed by atoms with Crippen LogP contribution in [-0.4, -0.2) is 10.2 Å². The molecule has 3 rings (SSSR count). The van der Waals surface area contributed by atoms with Crippen LogP contribution < -0.4 is 5.32 Å². The number of aromatic nitrogens is 2. The SMILES string of the molecule is Cc1nnc(NC(C)c2ccccc2F)c2ccccc12. The number of anilines is 1. The van der Waals surface area contributed by atoms with Gasteiger partial charge in [0.2, 0.25) is 0 Å². The van der Waals surface area contributed by atoms with Crippen LogP contribution >= 0.6 is 0 Å². The van der Waals surface area contributed by atoms with Crippen LogP contribution in [0, 0.1) is 12.7 Å². The second kappa shape index (κ2) is 5.48. The van der Waals surface area contributed by atoms with E-state index in [1.54, 1.807) is 12.1 Å². The predicted octanol–water partition coefficient (Wildman–Crippen LogP) is 4.25. The van der Waals surface area contributed by atoms with E-state index in [2.05, 4.69) is 15.5 Å². The third-order valence-corrected chi connectivity index (χ3v) is 3.60. The lowest BCUT2D eigenvalue weighted by Crippen LogP contribution is -2.11. The highest BCUT2D eigenvalue weighted by Crippen LogP contribution is 2.26. The Morgan fingerprint density at radius 3 is 2.38 bits per heavy atom. The second-order valence-corrected chi connectivity index (χ2v) is 5.07. The molecule has 0 radical (unpaired) electrons. The van der Waals surface area contributed by atoms with Gasteiger partial charge in [0.1, 0.15) is 5.82 Å². The van der Waals surface area contributed by atoms with Crippen molar-refractivity contribution in [1.82, 2.24) is 10.2 Å². The van der Waals surface area contributed by atoms with Gasteiger partial charge in [-0.25, -0.2) is 4.39 Å². The van der Waals surface area contributed by atoms with E-state index < -0.39 is 0 Å². The van der Waals surface area contributed by atoms with Crippen LogP contribution in [0.5, 0.6) is 0 Å². The van der Waals surface area contributed by atoms with Crippen LogP contribution in [-0.2, 0) is 0 Å². The van der Waals surface area contributed by atoms with E-state index in [-0.39, 0.29) is 11.9 Å². The van der Waals surface area contributed by atoms with Gasteiger partial charge in [-0.2, -0.15) is 5.10 Å². The molecule has 0 fully saturated rings. The van der Waals surface area contributed by atoms with Crippen molar-refractivity contribution in [2.24, 2.45) is 0 Å². The first kappa shape index (κ1) is 13.5. The minimum Gasteiger partial charge on any atom is -0.361 e. The van der Waals surface area contributed by atoms with Crippen molar-refractivity contribution in [3.05, 3.63) is 65.6 Å². The molecule has 2 aromatic carbocycles. The molecule has 0 aliphatic heterocycles. The van der Waals surface area contributed by atoms with E-state index in [0.29, 0.717) is 11.4 Å². The van der Waals surface area contributed by atoms with Gasteiger partial charge in [-0.15, -0.1) is 5.10 Å². The van der Waals surface area contributed by atoms with E-state index in [4.69, 9.17) is 0 Å². The maximum absolute atomic E-state index is 13.8. The number of fused-ring (bicyclic) bond motifs is 1. The van der Waals surface area contributed by atoms with Gasteiger partial charge in [-0.3, -0.25) is 0 Å². The van der Waals surface area contributed by atoms with Crippen molar-refractivity contribution in [1.29, 1.82) is 0 Å². The fourth-order valence-corrected chi connectivity index (χ4v) is 2.45. The van der Waals surface area contributed by atoms with Crippen molar-refractivity contribution >= 4 is 16.6 Å². The van der Waals surface area contributed by atoms with Crippen molar-refractivity contribution in [2.75, 3.05) is 5.32 Å². The molecule has 4 heteroatoms. The number of hydrogen-bond donors (Lipinski definition) is 1. The molecule has 1 aromatic heterocycles. The molecule has 21 heavy (non-hydrogen) atoms. The Labute approximate surface area is 122 Å². The highest BCUT2D eigenvalue weighted by Gasteiger charge is 2.13. The molecule has 0 amide bonds. The summed E-state index contributed by atoms with van der Waals surface area (Å²) in [6.45, 7) is 3.84. The number of aryl methyl sites for hydroxylation is 1. The van der Waals surface area contributed by atoms with Crippen LogP contribution in [0.3, 0.4) is 0 Å². The molecule has 0 bridgehead atoms. The van der Waals surface area contributed by atoms with E-state index in [1.165, 1.54) is 6.07 Å². The van der Waals surface area contributed by atoms with Crippen molar-refractivity contribution in [3.63, 3.8) is 0 Å². The van der Waals surface area contributed by atoms with Gasteiger partial charge < -0.3 is 5.32 Å². The van der Waals surface area contributed by atoms with Gasteiger partial charge in [0.15, 0.2) is 5.82 Å². The zero-order valence-corrected chi connectivity index (χ0v) is 12.0. The first-order chi connectivity index (χ1) is 10.2. The molecular formula is C17H16FN3. The standard InChI is InChI=1S/C17H16FN3/c1-11(14-8-5-6-10-16(14)18)19-17-15-9-4-3-7-13(15)12(2)20-21-17/h3-11H,1-2H3,(H,19,21). The monoisotopic (exact) mass is 281 g/mol. The fourth-order valence-electron chi connectivity index (χ4n) is 2.45. The van der Waals surface area contributed by atoms with Crippen LogP contribution in [0.15, 0.2) is 48.5 Å². The molecule has 3 nitrogen and oxygen atoms in total. The quantitative estimate of drug-likeness (QED) is 0.780. The lowest BCUT2D eigenvalue weighted by Gasteiger charge is -2.17. The number of halogens is 1. The van der Waals surface area contributed by atoms with Crippen LogP contribution in [0.4, 0.5) is 10.2 Å². The van der Waals surface area contributed by atoms with Gasteiger partial charge in [-0.05, 0) is 19.9 Å². The summed E-state index contributed by atoms with van der Waals surface area (Å²) < 4.78 is 13.8. The summed E-state index contributed by atoms with van der Waals surface area (Å²) in [6, 6.07) is 14.5. The lowest BCUT2D eigenvalue weighted by molar-refractivity contribution is 0.600. The first-order valence-electron chi connectivity index (χ1n) is 6.90. The number of hydrogen-bond acceptors (Lipinski definition) is 3. The number of rotatable bonds is 3. The smallest absolute Gasteiger partial charge is 0.157 e. The average molecular weight is 281 g/mol. The number of benzene rings is 2. The van der Waals surface area contributed by atoms with E-state index in [1.807, 2.05) is 44.2 Å². The Kier molecular flexibility index (Phi) is 3.52. The van der Waals surface area contributed by atoms with E-state index >= 15 is 0 Å². The van der Waals surface area contributed by atoms with E-state index in [0.717, 1.165) is 16.5 Å². The molecule has 1 atom stereocenters. The Morgan fingerprint density at radius 1 is 0.952 bits per heavy atom. The highest BCUT2D eigenvalue weighted by molar-refractivity contribution is 5.92. The third kappa shape index (κ3) is 2.57. The predicted molar refractivity (Wildman–Crippen MR) is 82.7 cm³/mol. The molecule has 1 N–H and O–H groups in total. The molecule has 0 spiro atoms. The average Bonchev–Trinajstić information content (AvgIpc) is 2.51. The number of nitrogens with zero attached hydrogens (tertiary/aromatic N) is 2. The Bertz CT molecular complexity index is 786. The van der Waals surface area contributed by atoms with Gasteiger partial charge >= 0.3 is 0 Å². The Hall–Kier alpha value is -2.49. The molecule has 0 aliphatic rings. The lowest BCUT2D eigenvalue weighted by atomic mass is 10.1. The van der Waals surface area contributed by atoms with Crippen molar-refractivity contribution < 1.29 is 4.39 Å². The molecule has 0 aliphatic carbocycles. The molecular weight excluding hydrogens is 265 g/mol. The molecule has 1 heterocycles. The summed E-state index contributed by atoms with van der Waals surface area (Å²) in [7, 11) is 0. The van der Waals surface area contributed by atoms with Crippen molar-refractivity contribution in [2.45, 2.75) is 19.9 Å². The second-order valence-electron chi connectivity index (χ2n) is 5.07.